The summed E-state index contributed by atoms with van der Waals surface area (Å²) in [6.45, 7) is 0. The van der Waals surface area contributed by atoms with Gasteiger partial charge in [-0.15, -0.1) is 11.3 Å². The Kier molecular flexibility index (Phi) is 7.06. The van der Waals surface area contributed by atoms with Gasteiger partial charge in [0.25, 0.3) is 0 Å². The number of fused-ring (bicyclic) bond motifs is 9. The molecule has 0 unspecified atom stereocenters. The predicted molar refractivity (Wildman–Crippen MR) is 240 cm³/mol. The minimum absolute atomic E-state index is 0.917. The van der Waals surface area contributed by atoms with Crippen molar-refractivity contribution in [1.29, 1.82) is 0 Å². The van der Waals surface area contributed by atoms with Gasteiger partial charge in [0.2, 0.25) is 0 Å². The van der Waals surface area contributed by atoms with Crippen LogP contribution in [0, 0.1) is 0 Å². The molecule has 0 saturated heterocycles. The summed E-state index contributed by atoms with van der Waals surface area (Å²) in [5, 5.41) is 6.10. The summed E-state index contributed by atoms with van der Waals surface area (Å²) in [6.07, 6.45) is 0. The maximum Gasteiger partial charge on any atom is 0.145 e. The largest absolute Gasteiger partial charge is 0.309 e. The van der Waals surface area contributed by atoms with Crippen molar-refractivity contribution in [3.05, 3.63) is 194 Å². The number of benzene rings is 8. The Labute approximate surface area is 332 Å². The fraction of sp³-hybridized carbons (Fsp3) is 0. The Balaban J connectivity index is 1.11. The lowest BCUT2D eigenvalue weighted by Crippen LogP contribution is -1.98. The molecule has 0 saturated carbocycles. The first-order valence-corrected chi connectivity index (χ1v) is 20.1. The van der Waals surface area contributed by atoms with Crippen LogP contribution in [-0.2, 0) is 0 Å². The summed E-state index contributed by atoms with van der Waals surface area (Å²) in [6, 6.07) is 69.5. The third kappa shape index (κ3) is 4.99. The van der Waals surface area contributed by atoms with E-state index in [0.717, 1.165) is 61.7 Å². The Hall–Kier alpha value is -7.34. The molecule has 4 aromatic heterocycles. The molecule has 0 atom stereocenters. The lowest BCUT2D eigenvalue weighted by Gasteiger charge is -2.15. The van der Waals surface area contributed by atoms with E-state index in [-0.39, 0.29) is 0 Å². The number of thiophene rings is 1. The van der Waals surface area contributed by atoms with E-state index in [1.165, 1.54) is 47.4 Å². The van der Waals surface area contributed by atoms with E-state index >= 15 is 0 Å². The average molecular weight is 745 g/mol. The summed E-state index contributed by atoms with van der Waals surface area (Å²) in [5.41, 5.74) is 13.0. The lowest BCUT2D eigenvalue weighted by atomic mass is 9.96. The molecule has 5 heteroatoms. The van der Waals surface area contributed by atoms with Crippen LogP contribution in [0.2, 0.25) is 0 Å². The van der Waals surface area contributed by atoms with Crippen LogP contribution in [0.3, 0.4) is 0 Å². The molecular formula is C52H32N4S. The highest BCUT2D eigenvalue weighted by molar-refractivity contribution is 7.26. The zero-order valence-electron chi connectivity index (χ0n) is 30.7. The second-order valence-corrected chi connectivity index (χ2v) is 15.6. The number of rotatable bonds is 5. The van der Waals surface area contributed by atoms with Crippen molar-refractivity contribution >= 4 is 75.3 Å². The molecule has 0 spiro atoms. The molecule has 0 bridgehead atoms. The van der Waals surface area contributed by atoms with E-state index in [0.29, 0.717) is 0 Å². The molecule has 12 rings (SSSR count). The number of nitrogens with zero attached hydrogens (tertiary/aromatic N) is 4. The van der Waals surface area contributed by atoms with Crippen LogP contribution >= 0.6 is 11.3 Å². The molecule has 0 aliphatic rings. The molecule has 12 aromatic rings. The van der Waals surface area contributed by atoms with E-state index in [4.69, 9.17) is 9.97 Å². The van der Waals surface area contributed by atoms with Crippen LogP contribution in [0.25, 0.3) is 109 Å². The topological polar surface area (TPSA) is 35.6 Å². The zero-order chi connectivity index (χ0) is 37.5. The highest BCUT2D eigenvalue weighted by atomic mass is 32.1. The number of hydrogen-bond donors (Lipinski definition) is 0. The van der Waals surface area contributed by atoms with Crippen molar-refractivity contribution in [3.63, 3.8) is 0 Å². The molecule has 266 valence electrons. The van der Waals surface area contributed by atoms with Gasteiger partial charge in [-0.1, -0.05) is 127 Å². The molecule has 8 aromatic carbocycles. The minimum atomic E-state index is 0.917. The summed E-state index contributed by atoms with van der Waals surface area (Å²) in [7, 11) is 0. The molecule has 0 radical (unpaired) electrons. The summed E-state index contributed by atoms with van der Waals surface area (Å²) in [5.74, 6) is 0.917. The van der Waals surface area contributed by atoms with E-state index in [2.05, 4.69) is 203 Å². The molecular weight excluding hydrogens is 713 g/mol. The normalized spacial score (nSPS) is 11.9. The Morgan fingerprint density at radius 1 is 0.368 bits per heavy atom. The number of hydrogen-bond acceptors (Lipinski definition) is 3. The number of para-hydroxylation sites is 6. The third-order valence-electron chi connectivity index (χ3n) is 11.3. The van der Waals surface area contributed by atoms with Gasteiger partial charge in [-0.05, 0) is 77.9 Å². The van der Waals surface area contributed by atoms with E-state index in [1.807, 2.05) is 11.3 Å². The highest BCUT2D eigenvalue weighted by Gasteiger charge is 2.20. The predicted octanol–water partition coefficient (Wildman–Crippen LogP) is 14.0. The summed E-state index contributed by atoms with van der Waals surface area (Å²) < 4.78 is 7.21. The molecule has 0 aliphatic carbocycles. The van der Waals surface area contributed by atoms with Crippen LogP contribution in [-0.4, -0.2) is 19.1 Å². The van der Waals surface area contributed by atoms with Crippen LogP contribution < -0.4 is 0 Å². The standard InChI is InChI=1S/C52H32N4S/c1-2-14-37(15-3-1)56-47-24-12-9-21-44(47)54-52(56)34-28-26-33(27-29-34)35-30-36(32-38(31-35)55-45-22-10-5-16-39(45)40-17-6-11-23-46(40)55)50-49-42-19-7-13-25-48(42)57-51(49)41-18-4-8-20-43(41)53-50/h1-32H. The van der Waals surface area contributed by atoms with Crippen molar-refractivity contribution < 1.29 is 0 Å². The van der Waals surface area contributed by atoms with Gasteiger partial charge in [-0.2, -0.15) is 0 Å². The maximum atomic E-state index is 5.48. The van der Waals surface area contributed by atoms with E-state index in [1.54, 1.807) is 0 Å². The molecule has 0 N–H and O–H groups in total. The van der Waals surface area contributed by atoms with Gasteiger partial charge in [-0.3, -0.25) is 4.57 Å². The molecule has 0 aliphatic heterocycles. The van der Waals surface area contributed by atoms with Gasteiger partial charge >= 0.3 is 0 Å². The summed E-state index contributed by atoms with van der Waals surface area (Å²) in [4.78, 5) is 10.6. The SMILES string of the molecule is c1ccc(-n2c(-c3ccc(-c4cc(-c5nc6ccccc6c6sc7ccccc7c56)cc(-n5c6ccccc6c6ccccc65)c4)cc3)nc3ccccc32)cc1. The lowest BCUT2D eigenvalue weighted by molar-refractivity contribution is 1.10. The van der Waals surface area contributed by atoms with Gasteiger partial charge in [0.15, 0.2) is 0 Å². The Bertz CT molecular complexity index is 3460. The van der Waals surface area contributed by atoms with Gasteiger partial charge < -0.3 is 4.57 Å². The molecule has 0 fully saturated rings. The van der Waals surface area contributed by atoms with E-state index in [9.17, 15) is 0 Å². The van der Waals surface area contributed by atoms with Crippen molar-refractivity contribution in [2.24, 2.45) is 0 Å². The van der Waals surface area contributed by atoms with Gasteiger partial charge in [0.05, 0.1) is 33.3 Å². The smallest absolute Gasteiger partial charge is 0.145 e. The second-order valence-electron chi connectivity index (χ2n) is 14.6. The Morgan fingerprint density at radius 2 is 0.947 bits per heavy atom. The van der Waals surface area contributed by atoms with Crippen LogP contribution in [0.15, 0.2) is 194 Å². The van der Waals surface area contributed by atoms with Crippen LogP contribution in [0.5, 0.6) is 0 Å². The number of pyridine rings is 1. The maximum absolute atomic E-state index is 5.48. The highest BCUT2D eigenvalue weighted by Crippen LogP contribution is 2.44. The second kappa shape index (κ2) is 12.6. The van der Waals surface area contributed by atoms with Gasteiger partial charge in [-0.25, -0.2) is 9.97 Å². The van der Waals surface area contributed by atoms with Crippen molar-refractivity contribution in [2.75, 3.05) is 0 Å². The molecule has 4 nitrogen and oxygen atoms in total. The average Bonchev–Trinajstić information content (AvgIpc) is 3.97. The first-order valence-electron chi connectivity index (χ1n) is 19.2. The van der Waals surface area contributed by atoms with Crippen molar-refractivity contribution in [2.45, 2.75) is 0 Å². The number of aromatic nitrogens is 4. The number of imidazole rings is 1. The summed E-state index contributed by atoms with van der Waals surface area (Å²) >= 11 is 1.85. The monoisotopic (exact) mass is 744 g/mol. The van der Waals surface area contributed by atoms with E-state index < -0.39 is 0 Å². The van der Waals surface area contributed by atoms with Crippen molar-refractivity contribution in [1.82, 2.24) is 19.1 Å². The fourth-order valence-electron chi connectivity index (χ4n) is 8.73. The molecule has 57 heavy (non-hydrogen) atoms. The quantitative estimate of drug-likeness (QED) is 0.176. The zero-order valence-corrected chi connectivity index (χ0v) is 31.5. The van der Waals surface area contributed by atoms with Crippen LogP contribution in [0.4, 0.5) is 0 Å². The minimum Gasteiger partial charge on any atom is -0.309 e. The van der Waals surface area contributed by atoms with Gasteiger partial charge in [0.1, 0.15) is 5.82 Å². The van der Waals surface area contributed by atoms with Crippen LogP contribution in [0.1, 0.15) is 0 Å². The Morgan fingerprint density at radius 3 is 1.70 bits per heavy atom. The first kappa shape index (κ1) is 32.0. The first-order chi connectivity index (χ1) is 28.3. The van der Waals surface area contributed by atoms with Gasteiger partial charge in [0, 0.05) is 58.8 Å². The molecule has 4 heterocycles. The van der Waals surface area contributed by atoms with Crippen molar-refractivity contribution in [3.8, 4) is 45.1 Å². The molecule has 0 amide bonds. The fourth-order valence-corrected chi connectivity index (χ4v) is 9.97. The third-order valence-corrected chi connectivity index (χ3v) is 12.5.